The summed E-state index contributed by atoms with van der Waals surface area (Å²) in [6.45, 7) is 0. The lowest BCUT2D eigenvalue weighted by atomic mass is 10.2. The zero-order valence-corrected chi connectivity index (χ0v) is 17.0. The van der Waals surface area contributed by atoms with E-state index in [4.69, 9.17) is 11.6 Å². The smallest absolute Gasteiger partial charge is 0.360 e. The molecule has 0 atom stereocenters. The largest absolute Gasteiger partial charge is 0.417 e. The molecule has 0 aliphatic heterocycles. The quantitative estimate of drug-likeness (QED) is 0.398. The van der Waals surface area contributed by atoms with Crippen LogP contribution >= 0.6 is 38.9 Å². The summed E-state index contributed by atoms with van der Waals surface area (Å²) in [6, 6.07) is 13.0. The van der Waals surface area contributed by atoms with Crippen molar-refractivity contribution in [1.29, 1.82) is 5.26 Å². The van der Waals surface area contributed by atoms with Crippen LogP contribution < -0.4 is 5.32 Å². The summed E-state index contributed by atoms with van der Waals surface area (Å²) >= 11 is 10.3. The lowest BCUT2D eigenvalue weighted by Crippen LogP contribution is -2.06. The molecular formula is C19H10BrClF3N3S. The summed E-state index contributed by atoms with van der Waals surface area (Å²) in [5, 5.41) is 14.0. The second-order valence-electron chi connectivity index (χ2n) is 5.55. The van der Waals surface area contributed by atoms with Gasteiger partial charge < -0.3 is 5.32 Å². The molecule has 1 aromatic heterocycles. The first-order valence-corrected chi connectivity index (χ1v) is 9.78. The topological polar surface area (TPSA) is 48.7 Å². The molecule has 3 nitrogen and oxygen atoms in total. The minimum atomic E-state index is -4.56. The minimum Gasteiger partial charge on any atom is -0.360 e. The van der Waals surface area contributed by atoms with E-state index in [1.807, 2.05) is 35.7 Å². The molecule has 0 saturated heterocycles. The van der Waals surface area contributed by atoms with Gasteiger partial charge in [0, 0.05) is 27.3 Å². The number of allylic oxidation sites excluding steroid dienone is 1. The number of anilines is 1. The zero-order valence-electron chi connectivity index (χ0n) is 13.9. The van der Waals surface area contributed by atoms with Crippen LogP contribution in [0.4, 0.5) is 18.9 Å². The molecule has 0 unspecified atom stereocenters. The number of hydrogen-bond donors (Lipinski definition) is 1. The molecule has 0 saturated carbocycles. The predicted molar refractivity (Wildman–Crippen MR) is 109 cm³/mol. The summed E-state index contributed by atoms with van der Waals surface area (Å²) in [5.41, 5.74) is 1.00. The minimum absolute atomic E-state index is 0.160. The fourth-order valence-corrected chi connectivity index (χ4v) is 3.73. The summed E-state index contributed by atoms with van der Waals surface area (Å²) in [5.74, 6) is 0. The molecule has 0 bridgehead atoms. The zero-order chi connectivity index (χ0) is 20.3. The average Bonchev–Trinajstić information content (AvgIpc) is 3.12. The molecule has 0 radical (unpaired) electrons. The Bertz CT molecular complexity index is 1090. The van der Waals surface area contributed by atoms with Crippen LogP contribution in [0, 0.1) is 11.3 Å². The molecule has 1 heterocycles. The molecule has 2 aromatic carbocycles. The molecule has 0 amide bonds. The highest BCUT2D eigenvalue weighted by atomic mass is 79.9. The summed E-state index contributed by atoms with van der Waals surface area (Å²) < 4.78 is 39.8. The van der Waals surface area contributed by atoms with Gasteiger partial charge in [-0.15, -0.1) is 11.3 Å². The molecule has 142 valence electrons. The van der Waals surface area contributed by atoms with Crippen LogP contribution in [0.15, 0.2) is 58.5 Å². The monoisotopic (exact) mass is 483 g/mol. The number of benzene rings is 2. The van der Waals surface area contributed by atoms with Crippen molar-refractivity contribution in [3.8, 4) is 17.3 Å². The van der Waals surface area contributed by atoms with Gasteiger partial charge in [-0.2, -0.15) is 18.4 Å². The lowest BCUT2D eigenvalue weighted by molar-refractivity contribution is -0.137. The predicted octanol–water partition coefficient (Wildman–Crippen LogP) is 7.22. The van der Waals surface area contributed by atoms with Gasteiger partial charge in [-0.05, 0) is 30.3 Å². The van der Waals surface area contributed by atoms with Gasteiger partial charge in [0.15, 0.2) is 0 Å². The SMILES string of the molecule is N#C/C(=C\Nc1ccc(Cl)c(C(F)(F)F)c1)c1nc(-c2cccc(Br)c2)cs1. The molecule has 3 aromatic rings. The van der Waals surface area contributed by atoms with Crippen molar-refractivity contribution in [1.82, 2.24) is 4.98 Å². The first-order chi connectivity index (χ1) is 13.3. The van der Waals surface area contributed by atoms with Crippen molar-refractivity contribution in [2.45, 2.75) is 6.18 Å². The van der Waals surface area contributed by atoms with E-state index in [1.165, 1.54) is 23.6 Å². The third-order valence-corrected chi connectivity index (χ3v) is 5.33. The van der Waals surface area contributed by atoms with Gasteiger partial charge in [0.25, 0.3) is 0 Å². The molecule has 0 aliphatic rings. The van der Waals surface area contributed by atoms with Gasteiger partial charge in [0.05, 0.1) is 16.3 Å². The maximum atomic E-state index is 13.0. The number of aromatic nitrogens is 1. The van der Waals surface area contributed by atoms with Crippen LogP contribution in [0.2, 0.25) is 5.02 Å². The molecule has 3 rings (SSSR count). The van der Waals surface area contributed by atoms with E-state index in [0.29, 0.717) is 10.7 Å². The van der Waals surface area contributed by atoms with E-state index in [-0.39, 0.29) is 16.3 Å². The number of nitrogens with one attached hydrogen (secondary N) is 1. The Labute approximate surface area is 176 Å². The van der Waals surface area contributed by atoms with Crippen LogP contribution in [0.5, 0.6) is 0 Å². The van der Waals surface area contributed by atoms with E-state index in [0.717, 1.165) is 22.2 Å². The van der Waals surface area contributed by atoms with Crippen molar-refractivity contribution < 1.29 is 13.2 Å². The third-order valence-electron chi connectivity index (χ3n) is 3.63. The van der Waals surface area contributed by atoms with Crippen molar-refractivity contribution in [3.63, 3.8) is 0 Å². The Morgan fingerprint density at radius 1 is 1.25 bits per heavy atom. The highest BCUT2D eigenvalue weighted by molar-refractivity contribution is 9.10. The molecule has 1 N–H and O–H groups in total. The molecule has 0 spiro atoms. The van der Waals surface area contributed by atoms with Gasteiger partial charge >= 0.3 is 6.18 Å². The fourth-order valence-electron chi connectivity index (χ4n) is 2.31. The van der Waals surface area contributed by atoms with Gasteiger partial charge in [-0.1, -0.05) is 39.7 Å². The molecule has 28 heavy (non-hydrogen) atoms. The van der Waals surface area contributed by atoms with Crippen LogP contribution in [0.25, 0.3) is 16.8 Å². The van der Waals surface area contributed by atoms with Crippen LogP contribution in [0.3, 0.4) is 0 Å². The van der Waals surface area contributed by atoms with Crippen LogP contribution in [-0.2, 0) is 6.18 Å². The molecule has 0 aliphatic carbocycles. The number of hydrogen-bond acceptors (Lipinski definition) is 4. The maximum Gasteiger partial charge on any atom is 0.417 e. The number of rotatable bonds is 4. The molecule has 0 fully saturated rings. The van der Waals surface area contributed by atoms with Gasteiger partial charge in [-0.25, -0.2) is 4.98 Å². The van der Waals surface area contributed by atoms with E-state index < -0.39 is 11.7 Å². The second kappa shape index (κ2) is 8.35. The number of thiazole rings is 1. The highest BCUT2D eigenvalue weighted by Crippen LogP contribution is 2.36. The van der Waals surface area contributed by atoms with Crippen molar-refractivity contribution in [2.75, 3.05) is 5.32 Å². The third kappa shape index (κ3) is 4.73. The first-order valence-electron chi connectivity index (χ1n) is 7.73. The lowest BCUT2D eigenvalue weighted by Gasteiger charge is -2.10. The number of halogens is 5. The Morgan fingerprint density at radius 3 is 2.71 bits per heavy atom. The Morgan fingerprint density at radius 2 is 2.04 bits per heavy atom. The first kappa shape index (κ1) is 20.4. The maximum absolute atomic E-state index is 13.0. The number of alkyl halides is 3. The average molecular weight is 485 g/mol. The van der Waals surface area contributed by atoms with Gasteiger partial charge in [0.1, 0.15) is 16.6 Å². The summed E-state index contributed by atoms with van der Waals surface area (Å²) in [4.78, 5) is 4.44. The fraction of sp³-hybridized carbons (Fsp3) is 0.0526. The van der Waals surface area contributed by atoms with Gasteiger partial charge in [0.2, 0.25) is 0 Å². The van der Waals surface area contributed by atoms with Crippen LogP contribution in [0.1, 0.15) is 10.6 Å². The van der Waals surface area contributed by atoms with Crippen molar-refractivity contribution in [3.05, 3.63) is 74.1 Å². The van der Waals surface area contributed by atoms with Gasteiger partial charge in [-0.3, -0.25) is 0 Å². The summed E-state index contributed by atoms with van der Waals surface area (Å²) in [7, 11) is 0. The number of nitriles is 1. The molecular weight excluding hydrogens is 475 g/mol. The van der Waals surface area contributed by atoms with Crippen LogP contribution in [-0.4, -0.2) is 4.98 Å². The Hall–Kier alpha value is -2.34. The Balaban J connectivity index is 1.85. The normalized spacial score (nSPS) is 11.9. The van der Waals surface area contributed by atoms with E-state index >= 15 is 0 Å². The summed E-state index contributed by atoms with van der Waals surface area (Å²) in [6.07, 6.45) is -3.24. The Kier molecular flexibility index (Phi) is 6.08. The van der Waals surface area contributed by atoms with E-state index in [2.05, 4.69) is 26.2 Å². The highest BCUT2D eigenvalue weighted by Gasteiger charge is 2.33. The van der Waals surface area contributed by atoms with E-state index in [1.54, 1.807) is 0 Å². The number of nitrogens with zero attached hydrogens (tertiary/aromatic N) is 2. The van der Waals surface area contributed by atoms with Crippen molar-refractivity contribution in [2.24, 2.45) is 0 Å². The molecule has 9 heteroatoms. The second-order valence-corrected chi connectivity index (χ2v) is 7.74. The van der Waals surface area contributed by atoms with Crippen molar-refractivity contribution >= 4 is 50.1 Å². The van der Waals surface area contributed by atoms with E-state index in [9.17, 15) is 18.4 Å². The standard InChI is InChI=1S/C19H10BrClF3N3S/c20-13-3-1-2-11(6-13)17-10-28-18(27-17)12(8-25)9-26-14-4-5-16(21)15(7-14)19(22,23)24/h1-7,9-10,26H/b12-9+.